The van der Waals surface area contributed by atoms with Crippen LogP contribution in [0.15, 0.2) is 54.6 Å². The second-order valence-electron chi connectivity index (χ2n) is 5.04. The first-order valence-corrected chi connectivity index (χ1v) is 6.99. The Bertz CT molecular complexity index is 751. The maximum absolute atomic E-state index is 5.16. The number of nitrogens with zero attached hydrogens (tertiary/aromatic N) is 1. The molecule has 0 aliphatic heterocycles. The molecule has 1 N–H and O–H groups in total. The molecule has 0 fully saturated rings. The minimum absolute atomic E-state index is 0.745. The van der Waals surface area contributed by atoms with Crippen LogP contribution in [0, 0.1) is 6.92 Å². The Hall–Kier alpha value is -2.55. The molecule has 3 aromatic rings. The van der Waals surface area contributed by atoms with Crippen molar-refractivity contribution in [1.29, 1.82) is 0 Å². The summed E-state index contributed by atoms with van der Waals surface area (Å²) in [5, 5.41) is 4.58. The van der Waals surface area contributed by atoms with E-state index in [0.717, 1.165) is 23.6 Å². The van der Waals surface area contributed by atoms with Crippen LogP contribution in [-0.2, 0) is 6.54 Å². The number of fused-ring (bicyclic) bond motifs is 1. The number of aromatic nitrogens is 1. The average Bonchev–Trinajstić information content (AvgIpc) is 2.53. The van der Waals surface area contributed by atoms with Gasteiger partial charge in [-0.2, -0.15) is 0 Å². The molecule has 0 spiro atoms. The van der Waals surface area contributed by atoms with Crippen LogP contribution in [0.4, 0.5) is 5.82 Å². The van der Waals surface area contributed by atoms with Crippen molar-refractivity contribution in [2.24, 2.45) is 0 Å². The molecule has 0 atom stereocenters. The van der Waals surface area contributed by atoms with Gasteiger partial charge in [-0.1, -0.05) is 30.3 Å². The van der Waals surface area contributed by atoms with E-state index in [1.54, 1.807) is 7.11 Å². The van der Waals surface area contributed by atoms with Crippen LogP contribution < -0.4 is 10.1 Å². The summed E-state index contributed by atoms with van der Waals surface area (Å²) in [6.45, 7) is 2.86. The Morgan fingerprint density at radius 2 is 1.81 bits per heavy atom. The second-order valence-corrected chi connectivity index (χ2v) is 5.04. The van der Waals surface area contributed by atoms with Crippen LogP contribution in [0.2, 0.25) is 0 Å². The van der Waals surface area contributed by atoms with Crippen molar-refractivity contribution < 1.29 is 4.74 Å². The van der Waals surface area contributed by atoms with E-state index in [2.05, 4.69) is 41.5 Å². The van der Waals surface area contributed by atoms with E-state index in [-0.39, 0.29) is 0 Å². The standard InChI is InChI=1S/C18H18N2O/c1-13-11-18(20-17-6-4-3-5-16(13)17)19-12-14-7-9-15(21-2)10-8-14/h3-11H,12H2,1-2H3,(H,19,20). The predicted molar refractivity (Wildman–Crippen MR) is 86.8 cm³/mol. The summed E-state index contributed by atoms with van der Waals surface area (Å²) >= 11 is 0. The number of ether oxygens (including phenoxy) is 1. The zero-order valence-corrected chi connectivity index (χ0v) is 12.3. The molecule has 21 heavy (non-hydrogen) atoms. The predicted octanol–water partition coefficient (Wildman–Crippen LogP) is 4.16. The molecule has 0 aliphatic rings. The van der Waals surface area contributed by atoms with Gasteiger partial charge in [-0.15, -0.1) is 0 Å². The van der Waals surface area contributed by atoms with Gasteiger partial charge < -0.3 is 10.1 Å². The number of pyridine rings is 1. The lowest BCUT2D eigenvalue weighted by molar-refractivity contribution is 0.414. The van der Waals surface area contributed by atoms with E-state index in [9.17, 15) is 0 Å². The fourth-order valence-corrected chi connectivity index (χ4v) is 2.38. The molecule has 0 saturated carbocycles. The fourth-order valence-electron chi connectivity index (χ4n) is 2.38. The Labute approximate surface area is 124 Å². The smallest absolute Gasteiger partial charge is 0.127 e. The first-order valence-electron chi connectivity index (χ1n) is 6.99. The molecule has 1 heterocycles. The summed E-state index contributed by atoms with van der Waals surface area (Å²) in [4.78, 5) is 4.65. The minimum Gasteiger partial charge on any atom is -0.497 e. The largest absolute Gasteiger partial charge is 0.497 e. The Morgan fingerprint density at radius 1 is 1.05 bits per heavy atom. The van der Waals surface area contributed by atoms with Crippen molar-refractivity contribution >= 4 is 16.7 Å². The lowest BCUT2D eigenvalue weighted by Gasteiger charge is -2.09. The molecular weight excluding hydrogens is 260 g/mol. The number of hydrogen-bond donors (Lipinski definition) is 1. The second kappa shape index (κ2) is 5.83. The summed E-state index contributed by atoms with van der Waals surface area (Å²) in [6, 6.07) is 18.3. The van der Waals surface area contributed by atoms with Crippen molar-refractivity contribution in [2.45, 2.75) is 13.5 Å². The van der Waals surface area contributed by atoms with Crippen molar-refractivity contribution in [3.63, 3.8) is 0 Å². The van der Waals surface area contributed by atoms with Crippen molar-refractivity contribution in [1.82, 2.24) is 4.98 Å². The first-order chi connectivity index (χ1) is 10.3. The first kappa shape index (κ1) is 13.4. The zero-order chi connectivity index (χ0) is 14.7. The monoisotopic (exact) mass is 278 g/mol. The van der Waals surface area contributed by atoms with Gasteiger partial charge in [0.15, 0.2) is 0 Å². The summed E-state index contributed by atoms with van der Waals surface area (Å²) in [6.07, 6.45) is 0. The van der Waals surface area contributed by atoms with Gasteiger partial charge in [0.25, 0.3) is 0 Å². The molecule has 0 bridgehead atoms. The van der Waals surface area contributed by atoms with Crippen LogP contribution >= 0.6 is 0 Å². The minimum atomic E-state index is 0.745. The third-order valence-electron chi connectivity index (χ3n) is 3.56. The molecule has 3 heteroatoms. The van der Waals surface area contributed by atoms with Gasteiger partial charge in [0.1, 0.15) is 11.6 Å². The molecule has 3 rings (SSSR count). The van der Waals surface area contributed by atoms with Crippen molar-refractivity contribution in [2.75, 3.05) is 12.4 Å². The third kappa shape index (κ3) is 2.97. The van der Waals surface area contributed by atoms with Crippen molar-refractivity contribution in [3.8, 4) is 5.75 Å². The van der Waals surface area contributed by atoms with Crippen molar-refractivity contribution in [3.05, 3.63) is 65.7 Å². The van der Waals surface area contributed by atoms with Crippen LogP contribution in [0.25, 0.3) is 10.9 Å². The van der Waals surface area contributed by atoms with E-state index in [1.807, 2.05) is 30.3 Å². The fraction of sp³-hybridized carbons (Fsp3) is 0.167. The normalized spacial score (nSPS) is 10.6. The molecule has 106 valence electrons. The molecule has 0 saturated heterocycles. The summed E-state index contributed by atoms with van der Waals surface area (Å²) in [5.41, 5.74) is 3.45. The molecule has 0 radical (unpaired) electrons. The molecule has 0 aliphatic carbocycles. The summed E-state index contributed by atoms with van der Waals surface area (Å²) in [5.74, 6) is 1.78. The number of hydrogen-bond acceptors (Lipinski definition) is 3. The van der Waals surface area contributed by atoms with Gasteiger partial charge in [-0.25, -0.2) is 4.98 Å². The number of nitrogens with one attached hydrogen (secondary N) is 1. The average molecular weight is 278 g/mol. The van der Waals surface area contributed by atoms with Crippen LogP contribution in [-0.4, -0.2) is 12.1 Å². The van der Waals surface area contributed by atoms with E-state index in [0.29, 0.717) is 0 Å². The highest BCUT2D eigenvalue weighted by Gasteiger charge is 2.02. The Balaban J connectivity index is 1.78. The van der Waals surface area contributed by atoms with Gasteiger partial charge in [-0.3, -0.25) is 0 Å². The zero-order valence-electron chi connectivity index (χ0n) is 12.3. The quantitative estimate of drug-likeness (QED) is 0.778. The number of para-hydroxylation sites is 1. The topological polar surface area (TPSA) is 34.1 Å². The molecule has 1 aromatic heterocycles. The highest BCUT2D eigenvalue weighted by Crippen LogP contribution is 2.20. The van der Waals surface area contributed by atoms with Gasteiger partial charge in [-0.05, 0) is 42.3 Å². The maximum Gasteiger partial charge on any atom is 0.127 e. The molecule has 3 nitrogen and oxygen atoms in total. The lowest BCUT2D eigenvalue weighted by atomic mass is 10.1. The third-order valence-corrected chi connectivity index (χ3v) is 3.56. The highest BCUT2D eigenvalue weighted by molar-refractivity contribution is 5.83. The number of methoxy groups -OCH3 is 1. The van der Waals surface area contributed by atoms with Crippen LogP contribution in [0.3, 0.4) is 0 Å². The maximum atomic E-state index is 5.16. The lowest BCUT2D eigenvalue weighted by Crippen LogP contribution is -2.02. The van der Waals surface area contributed by atoms with E-state index in [4.69, 9.17) is 4.74 Å². The van der Waals surface area contributed by atoms with E-state index in [1.165, 1.54) is 16.5 Å². The van der Waals surface area contributed by atoms with Gasteiger partial charge >= 0.3 is 0 Å². The molecular formula is C18H18N2O. The van der Waals surface area contributed by atoms with Gasteiger partial charge in [0.2, 0.25) is 0 Å². The molecule has 2 aromatic carbocycles. The van der Waals surface area contributed by atoms with E-state index < -0.39 is 0 Å². The van der Waals surface area contributed by atoms with Crippen LogP contribution in [0.5, 0.6) is 5.75 Å². The Morgan fingerprint density at radius 3 is 2.57 bits per heavy atom. The number of aryl methyl sites for hydroxylation is 1. The summed E-state index contributed by atoms with van der Waals surface area (Å²) in [7, 11) is 1.68. The number of anilines is 1. The van der Waals surface area contributed by atoms with Crippen LogP contribution in [0.1, 0.15) is 11.1 Å². The Kier molecular flexibility index (Phi) is 3.73. The number of benzene rings is 2. The highest BCUT2D eigenvalue weighted by atomic mass is 16.5. The molecule has 0 amide bonds. The van der Waals surface area contributed by atoms with E-state index >= 15 is 0 Å². The number of rotatable bonds is 4. The summed E-state index contributed by atoms with van der Waals surface area (Å²) < 4.78 is 5.16. The van der Waals surface area contributed by atoms with Gasteiger partial charge in [0, 0.05) is 11.9 Å². The van der Waals surface area contributed by atoms with Gasteiger partial charge in [0.05, 0.1) is 12.6 Å². The SMILES string of the molecule is COc1ccc(CNc2cc(C)c3ccccc3n2)cc1. The molecule has 0 unspecified atom stereocenters.